The predicted molar refractivity (Wildman–Crippen MR) is 69.1 cm³/mol. The fourth-order valence-corrected chi connectivity index (χ4v) is 2.00. The number of hydrogen-bond acceptors (Lipinski definition) is 4. The standard InChI is InChI=1S/C12H20N6/c1-4-5-18-12(15-9-16-18)8-17-10(2)14-7-11(17)6-13-3/h7,9,13H,4-6,8H2,1-3H3. The smallest absolute Gasteiger partial charge is 0.146 e. The van der Waals surface area contributed by atoms with Crippen LogP contribution >= 0.6 is 0 Å². The van der Waals surface area contributed by atoms with Crippen LogP contribution in [-0.4, -0.2) is 31.4 Å². The van der Waals surface area contributed by atoms with Crippen molar-refractivity contribution >= 4 is 0 Å². The van der Waals surface area contributed by atoms with Crippen LogP contribution < -0.4 is 5.32 Å². The van der Waals surface area contributed by atoms with Crippen molar-refractivity contribution in [3.05, 3.63) is 29.9 Å². The summed E-state index contributed by atoms with van der Waals surface area (Å²) in [6.45, 7) is 6.59. The molecule has 0 spiro atoms. The van der Waals surface area contributed by atoms with Crippen molar-refractivity contribution in [3.8, 4) is 0 Å². The van der Waals surface area contributed by atoms with Crippen LogP contribution in [0.25, 0.3) is 0 Å². The Morgan fingerprint density at radius 2 is 2.17 bits per heavy atom. The summed E-state index contributed by atoms with van der Waals surface area (Å²) >= 11 is 0. The van der Waals surface area contributed by atoms with Gasteiger partial charge in [-0.3, -0.25) is 0 Å². The SMILES string of the molecule is CCCn1ncnc1Cn1c(CNC)cnc1C. The number of nitrogens with one attached hydrogen (secondary N) is 1. The lowest BCUT2D eigenvalue weighted by Gasteiger charge is -2.10. The Labute approximate surface area is 107 Å². The van der Waals surface area contributed by atoms with Gasteiger partial charge in [-0.15, -0.1) is 0 Å². The number of aryl methyl sites for hydroxylation is 2. The molecule has 2 heterocycles. The second kappa shape index (κ2) is 5.77. The molecule has 0 aliphatic rings. The molecule has 0 radical (unpaired) electrons. The number of rotatable bonds is 6. The predicted octanol–water partition coefficient (Wildman–Crippen LogP) is 0.961. The highest BCUT2D eigenvalue weighted by atomic mass is 15.3. The molecular formula is C12H20N6. The van der Waals surface area contributed by atoms with Crippen molar-refractivity contribution in [1.29, 1.82) is 0 Å². The average Bonchev–Trinajstić information content (AvgIpc) is 2.92. The fourth-order valence-electron chi connectivity index (χ4n) is 2.00. The van der Waals surface area contributed by atoms with Crippen LogP contribution in [-0.2, 0) is 19.6 Å². The molecule has 0 fully saturated rings. The summed E-state index contributed by atoms with van der Waals surface area (Å²) in [6.07, 6.45) is 4.59. The van der Waals surface area contributed by atoms with Crippen molar-refractivity contribution in [2.24, 2.45) is 0 Å². The summed E-state index contributed by atoms with van der Waals surface area (Å²) in [5.74, 6) is 1.99. The molecule has 0 aliphatic heterocycles. The minimum Gasteiger partial charge on any atom is -0.323 e. The van der Waals surface area contributed by atoms with Crippen LogP contribution in [0.5, 0.6) is 0 Å². The molecule has 98 valence electrons. The Morgan fingerprint density at radius 3 is 2.89 bits per heavy atom. The zero-order valence-electron chi connectivity index (χ0n) is 11.2. The second-order valence-electron chi connectivity index (χ2n) is 4.31. The largest absolute Gasteiger partial charge is 0.323 e. The summed E-state index contributed by atoms with van der Waals surface area (Å²) in [6, 6.07) is 0. The van der Waals surface area contributed by atoms with Gasteiger partial charge in [-0.05, 0) is 20.4 Å². The monoisotopic (exact) mass is 248 g/mol. The molecule has 0 saturated heterocycles. The van der Waals surface area contributed by atoms with E-state index in [-0.39, 0.29) is 0 Å². The molecule has 2 rings (SSSR count). The van der Waals surface area contributed by atoms with E-state index in [2.05, 4.69) is 31.9 Å². The normalized spacial score (nSPS) is 11.1. The third kappa shape index (κ3) is 2.59. The molecule has 18 heavy (non-hydrogen) atoms. The molecule has 1 N–H and O–H groups in total. The van der Waals surface area contributed by atoms with Crippen LogP contribution in [0.2, 0.25) is 0 Å². The van der Waals surface area contributed by atoms with Gasteiger partial charge in [-0.25, -0.2) is 14.6 Å². The molecule has 0 atom stereocenters. The molecule has 6 nitrogen and oxygen atoms in total. The van der Waals surface area contributed by atoms with E-state index >= 15 is 0 Å². The highest BCUT2D eigenvalue weighted by molar-refractivity contribution is 5.06. The third-order valence-corrected chi connectivity index (χ3v) is 2.93. The van der Waals surface area contributed by atoms with Gasteiger partial charge >= 0.3 is 0 Å². The van der Waals surface area contributed by atoms with E-state index in [1.54, 1.807) is 6.33 Å². The van der Waals surface area contributed by atoms with Crippen molar-refractivity contribution in [1.82, 2.24) is 29.6 Å². The van der Waals surface area contributed by atoms with Crippen LogP contribution in [0.4, 0.5) is 0 Å². The molecule has 0 saturated carbocycles. The molecule has 0 bridgehead atoms. The maximum Gasteiger partial charge on any atom is 0.146 e. The number of imidazole rings is 1. The van der Waals surface area contributed by atoms with Crippen molar-refractivity contribution in [3.63, 3.8) is 0 Å². The Kier molecular flexibility index (Phi) is 4.09. The lowest BCUT2D eigenvalue weighted by molar-refractivity contribution is 0.544. The van der Waals surface area contributed by atoms with E-state index in [1.165, 1.54) is 5.69 Å². The molecule has 0 aliphatic carbocycles. The zero-order chi connectivity index (χ0) is 13.0. The van der Waals surface area contributed by atoms with Gasteiger partial charge in [0.1, 0.15) is 18.0 Å². The van der Waals surface area contributed by atoms with Crippen molar-refractivity contribution in [2.45, 2.75) is 39.9 Å². The van der Waals surface area contributed by atoms with Crippen molar-refractivity contribution < 1.29 is 0 Å². The van der Waals surface area contributed by atoms with Crippen LogP contribution in [0.3, 0.4) is 0 Å². The van der Waals surface area contributed by atoms with Gasteiger partial charge in [-0.1, -0.05) is 6.92 Å². The van der Waals surface area contributed by atoms with E-state index < -0.39 is 0 Å². The Bertz CT molecular complexity index is 498. The van der Waals surface area contributed by atoms with Crippen LogP contribution in [0.1, 0.15) is 30.7 Å². The summed E-state index contributed by atoms with van der Waals surface area (Å²) in [4.78, 5) is 8.69. The fraction of sp³-hybridized carbons (Fsp3) is 0.583. The highest BCUT2D eigenvalue weighted by Gasteiger charge is 2.10. The molecule has 0 amide bonds. The highest BCUT2D eigenvalue weighted by Crippen LogP contribution is 2.08. The average molecular weight is 248 g/mol. The Balaban J connectivity index is 2.22. The number of aromatic nitrogens is 5. The molecule has 6 heteroatoms. The van der Waals surface area contributed by atoms with Gasteiger partial charge in [-0.2, -0.15) is 5.10 Å². The van der Waals surface area contributed by atoms with E-state index in [0.29, 0.717) is 0 Å². The van der Waals surface area contributed by atoms with Gasteiger partial charge in [0, 0.05) is 19.3 Å². The summed E-state index contributed by atoms with van der Waals surface area (Å²) < 4.78 is 4.13. The maximum absolute atomic E-state index is 4.36. The van der Waals surface area contributed by atoms with Gasteiger partial charge in [0.05, 0.1) is 12.2 Å². The van der Waals surface area contributed by atoms with Crippen LogP contribution in [0, 0.1) is 6.92 Å². The first kappa shape index (κ1) is 12.8. The minimum atomic E-state index is 0.725. The Morgan fingerprint density at radius 1 is 1.33 bits per heavy atom. The Hall–Kier alpha value is -1.69. The molecule has 2 aromatic heterocycles. The van der Waals surface area contributed by atoms with E-state index in [0.717, 1.165) is 37.7 Å². The first-order valence-electron chi connectivity index (χ1n) is 6.28. The quantitative estimate of drug-likeness (QED) is 0.827. The van der Waals surface area contributed by atoms with E-state index in [4.69, 9.17) is 0 Å². The van der Waals surface area contributed by atoms with Gasteiger partial charge in [0.25, 0.3) is 0 Å². The van der Waals surface area contributed by atoms with E-state index in [9.17, 15) is 0 Å². The number of hydrogen-bond donors (Lipinski definition) is 1. The lowest BCUT2D eigenvalue weighted by Crippen LogP contribution is -2.16. The maximum atomic E-state index is 4.36. The topological polar surface area (TPSA) is 60.6 Å². The van der Waals surface area contributed by atoms with Gasteiger partial charge in [0.15, 0.2) is 0 Å². The van der Waals surface area contributed by atoms with Gasteiger partial charge in [0.2, 0.25) is 0 Å². The van der Waals surface area contributed by atoms with Crippen molar-refractivity contribution in [2.75, 3.05) is 7.05 Å². The van der Waals surface area contributed by atoms with Gasteiger partial charge < -0.3 is 9.88 Å². The first-order chi connectivity index (χ1) is 8.76. The number of nitrogens with zero attached hydrogens (tertiary/aromatic N) is 5. The summed E-state index contributed by atoms with van der Waals surface area (Å²) in [5, 5.41) is 7.40. The zero-order valence-corrected chi connectivity index (χ0v) is 11.2. The third-order valence-electron chi connectivity index (χ3n) is 2.93. The molecule has 0 unspecified atom stereocenters. The summed E-state index contributed by atoms with van der Waals surface area (Å²) in [5.41, 5.74) is 1.17. The minimum absolute atomic E-state index is 0.725. The second-order valence-corrected chi connectivity index (χ2v) is 4.31. The molecule has 2 aromatic rings. The molecular weight excluding hydrogens is 228 g/mol. The lowest BCUT2D eigenvalue weighted by atomic mass is 10.4. The summed E-state index contributed by atoms with van der Waals surface area (Å²) in [7, 11) is 1.94. The van der Waals surface area contributed by atoms with Crippen LogP contribution in [0.15, 0.2) is 12.5 Å². The first-order valence-corrected chi connectivity index (χ1v) is 6.28. The van der Waals surface area contributed by atoms with E-state index in [1.807, 2.05) is 24.9 Å². The molecule has 0 aromatic carbocycles.